The van der Waals surface area contributed by atoms with Crippen molar-refractivity contribution in [3.8, 4) is 0 Å². The highest BCUT2D eigenvalue weighted by Crippen LogP contribution is 2.28. The van der Waals surface area contributed by atoms with Crippen molar-refractivity contribution in [2.45, 2.75) is 78.0 Å². The van der Waals surface area contributed by atoms with Crippen molar-refractivity contribution in [2.75, 3.05) is 0 Å². The minimum Gasteiger partial charge on any atom is -0.122 e. The van der Waals surface area contributed by atoms with Crippen molar-refractivity contribution in [2.24, 2.45) is 5.41 Å². The Hall–Kier alpha value is 0.290. The molecule has 1 heteroatoms. The summed E-state index contributed by atoms with van der Waals surface area (Å²) in [6, 6.07) is 0. The maximum absolute atomic E-state index is 6.30. The van der Waals surface area contributed by atoms with Gasteiger partial charge in [-0.2, -0.15) is 0 Å². The van der Waals surface area contributed by atoms with Gasteiger partial charge in [-0.3, -0.25) is 0 Å². The lowest BCUT2D eigenvalue weighted by molar-refractivity contribution is 0.364. The van der Waals surface area contributed by atoms with Crippen molar-refractivity contribution in [1.82, 2.24) is 0 Å². The summed E-state index contributed by atoms with van der Waals surface area (Å²) in [5.41, 5.74) is 0.269. The van der Waals surface area contributed by atoms with Crippen LogP contribution in [0.2, 0.25) is 0 Å². The Morgan fingerprint density at radius 3 is 1.93 bits per heavy atom. The molecule has 0 saturated carbocycles. The molecular weight excluding hydrogens is 192 g/mol. The highest BCUT2D eigenvalue weighted by atomic mass is 35.5. The quantitative estimate of drug-likeness (QED) is 0.397. The van der Waals surface area contributed by atoms with Gasteiger partial charge < -0.3 is 0 Å². The lowest BCUT2D eigenvalue weighted by Gasteiger charge is -2.24. The minimum atomic E-state index is 0.269. The number of halogens is 1. The van der Waals surface area contributed by atoms with Crippen LogP contribution in [0.1, 0.15) is 72.6 Å². The number of alkyl halides is 1. The fourth-order valence-electron chi connectivity index (χ4n) is 1.54. The zero-order chi connectivity index (χ0) is 11.0. The molecule has 0 aromatic carbocycles. The molecule has 1 atom stereocenters. The van der Waals surface area contributed by atoms with Crippen molar-refractivity contribution < 1.29 is 0 Å². The third-order valence-corrected chi connectivity index (χ3v) is 3.62. The van der Waals surface area contributed by atoms with E-state index in [9.17, 15) is 0 Å². The lowest BCUT2D eigenvalue weighted by Crippen LogP contribution is -2.20. The first-order valence-corrected chi connectivity index (χ1v) is 6.56. The Bertz CT molecular complexity index is 124. The van der Waals surface area contributed by atoms with Crippen LogP contribution in [0.3, 0.4) is 0 Å². The van der Waals surface area contributed by atoms with E-state index in [0.717, 1.165) is 0 Å². The van der Waals surface area contributed by atoms with Gasteiger partial charge in [-0.15, -0.1) is 11.6 Å². The van der Waals surface area contributed by atoms with Gasteiger partial charge in [0, 0.05) is 5.38 Å². The summed E-state index contributed by atoms with van der Waals surface area (Å²) in [6.45, 7) is 8.93. The standard InChI is InChI=1S/C13H27Cl/c1-5-6-7-8-9-10-11-12(14)13(2,3)4/h12H,5-11H2,1-4H3. The summed E-state index contributed by atoms with van der Waals surface area (Å²) in [6.07, 6.45) is 9.36. The SMILES string of the molecule is CCCCCCCCC(Cl)C(C)(C)C. The first-order chi connectivity index (χ1) is 6.48. The summed E-state index contributed by atoms with van der Waals surface area (Å²) in [7, 11) is 0. The molecule has 0 aliphatic rings. The van der Waals surface area contributed by atoms with E-state index in [1.165, 1.54) is 44.9 Å². The smallest absolute Gasteiger partial charge is 0.0384 e. The van der Waals surface area contributed by atoms with Crippen LogP contribution in [0, 0.1) is 5.41 Å². The molecule has 0 aliphatic heterocycles. The second-order valence-electron chi connectivity index (χ2n) is 5.39. The second kappa shape index (κ2) is 7.56. The Kier molecular flexibility index (Phi) is 7.72. The summed E-state index contributed by atoms with van der Waals surface area (Å²) < 4.78 is 0. The third kappa shape index (κ3) is 7.67. The maximum atomic E-state index is 6.30. The Morgan fingerprint density at radius 1 is 0.929 bits per heavy atom. The van der Waals surface area contributed by atoms with Gasteiger partial charge in [0.1, 0.15) is 0 Å². The lowest BCUT2D eigenvalue weighted by atomic mass is 9.88. The van der Waals surface area contributed by atoms with Gasteiger partial charge in [0.05, 0.1) is 0 Å². The van der Waals surface area contributed by atoms with Gasteiger partial charge in [0.15, 0.2) is 0 Å². The van der Waals surface area contributed by atoms with Crippen LogP contribution >= 0.6 is 11.6 Å². The van der Waals surface area contributed by atoms with Crippen LogP contribution in [0.5, 0.6) is 0 Å². The van der Waals surface area contributed by atoms with E-state index in [2.05, 4.69) is 27.7 Å². The van der Waals surface area contributed by atoms with E-state index in [-0.39, 0.29) is 5.41 Å². The van der Waals surface area contributed by atoms with Crippen LogP contribution in [0.4, 0.5) is 0 Å². The zero-order valence-corrected chi connectivity index (χ0v) is 11.2. The topological polar surface area (TPSA) is 0 Å². The van der Waals surface area contributed by atoms with Gasteiger partial charge >= 0.3 is 0 Å². The summed E-state index contributed by atoms with van der Waals surface area (Å²) >= 11 is 6.30. The molecule has 0 N–H and O–H groups in total. The number of rotatable bonds is 7. The first-order valence-electron chi connectivity index (χ1n) is 6.12. The van der Waals surface area contributed by atoms with E-state index in [4.69, 9.17) is 11.6 Å². The Balaban J connectivity index is 3.28. The third-order valence-electron chi connectivity index (χ3n) is 2.75. The first kappa shape index (κ1) is 14.3. The van der Waals surface area contributed by atoms with E-state index in [0.29, 0.717) is 5.38 Å². The summed E-state index contributed by atoms with van der Waals surface area (Å²) in [4.78, 5) is 0. The summed E-state index contributed by atoms with van der Waals surface area (Å²) in [5.74, 6) is 0. The predicted octanol–water partition coefficient (Wildman–Crippen LogP) is 5.39. The molecule has 0 aromatic heterocycles. The largest absolute Gasteiger partial charge is 0.122 e. The van der Waals surface area contributed by atoms with Crippen molar-refractivity contribution in [3.05, 3.63) is 0 Å². The highest BCUT2D eigenvalue weighted by molar-refractivity contribution is 6.21. The molecule has 14 heavy (non-hydrogen) atoms. The average Bonchev–Trinajstić information content (AvgIpc) is 2.09. The van der Waals surface area contributed by atoms with Crippen LogP contribution in [-0.2, 0) is 0 Å². The maximum Gasteiger partial charge on any atom is 0.0384 e. The van der Waals surface area contributed by atoms with E-state index in [1.54, 1.807) is 0 Å². The van der Waals surface area contributed by atoms with E-state index < -0.39 is 0 Å². The Labute approximate surface area is 95.4 Å². The average molecular weight is 219 g/mol. The minimum absolute atomic E-state index is 0.269. The van der Waals surface area contributed by atoms with Crippen LogP contribution < -0.4 is 0 Å². The molecule has 86 valence electrons. The molecular formula is C13H27Cl. The molecule has 0 fully saturated rings. The molecule has 0 aromatic rings. The molecule has 0 heterocycles. The van der Waals surface area contributed by atoms with Gasteiger partial charge in [-0.1, -0.05) is 66.2 Å². The fourth-order valence-corrected chi connectivity index (χ4v) is 1.69. The molecule has 0 rings (SSSR count). The van der Waals surface area contributed by atoms with E-state index in [1.807, 2.05) is 0 Å². The molecule has 1 unspecified atom stereocenters. The molecule has 0 aliphatic carbocycles. The zero-order valence-electron chi connectivity index (χ0n) is 10.4. The van der Waals surface area contributed by atoms with Gasteiger partial charge in [-0.05, 0) is 11.8 Å². The normalized spacial score (nSPS) is 14.4. The van der Waals surface area contributed by atoms with Crippen molar-refractivity contribution in [3.63, 3.8) is 0 Å². The van der Waals surface area contributed by atoms with Gasteiger partial charge in [-0.25, -0.2) is 0 Å². The molecule has 0 radical (unpaired) electrons. The Morgan fingerprint density at radius 2 is 1.43 bits per heavy atom. The molecule has 0 spiro atoms. The highest BCUT2D eigenvalue weighted by Gasteiger charge is 2.21. The fraction of sp³-hybridized carbons (Fsp3) is 1.00. The molecule has 0 nitrogen and oxygen atoms in total. The van der Waals surface area contributed by atoms with Crippen molar-refractivity contribution in [1.29, 1.82) is 0 Å². The number of hydrogen-bond acceptors (Lipinski definition) is 0. The summed E-state index contributed by atoms with van der Waals surface area (Å²) in [5, 5.41) is 0.341. The van der Waals surface area contributed by atoms with Gasteiger partial charge in [0.25, 0.3) is 0 Å². The van der Waals surface area contributed by atoms with Crippen LogP contribution in [-0.4, -0.2) is 5.38 Å². The number of hydrogen-bond donors (Lipinski definition) is 0. The van der Waals surface area contributed by atoms with Crippen LogP contribution in [0.25, 0.3) is 0 Å². The van der Waals surface area contributed by atoms with E-state index >= 15 is 0 Å². The van der Waals surface area contributed by atoms with Crippen LogP contribution in [0.15, 0.2) is 0 Å². The number of unbranched alkanes of at least 4 members (excludes halogenated alkanes) is 5. The molecule has 0 bridgehead atoms. The molecule has 0 saturated heterocycles. The predicted molar refractivity (Wildman–Crippen MR) is 67.1 cm³/mol. The van der Waals surface area contributed by atoms with Gasteiger partial charge in [0.2, 0.25) is 0 Å². The monoisotopic (exact) mass is 218 g/mol. The molecule has 0 amide bonds. The van der Waals surface area contributed by atoms with Crippen molar-refractivity contribution >= 4 is 11.6 Å². The second-order valence-corrected chi connectivity index (χ2v) is 5.92.